The highest BCUT2D eigenvalue weighted by molar-refractivity contribution is 5.60. The number of aliphatic hydroxyl groups excluding tert-OH is 1. The lowest BCUT2D eigenvalue weighted by molar-refractivity contribution is 0.145. The lowest BCUT2D eigenvalue weighted by Gasteiger charge is -2.32. The summed E-state index contributed by atoms with van der Waals surface area (Å²) in [7, 11) is 1.73. The van der Waals surface area contributed by atoms with E-state index in [-0.39, 0.29) is 6.10 Å². The van der Waals surface area contributed by atoms with Crippen LogP contribution in [0, 0.1) is 5.92 Å². The standard InChI is InChI=1S/C18H30N2O2/c1-14(2)6-9-19-13-15-4-5-17(18(12-15)22-3)20-10-7-16(21)8-11-20/h4-5,12,14,16,19,21H,6-11,13H2,1-3H3. The summed E-state index contributed by atoms with van der Waals surface area (Å²) in [6, 6.07) is 6.45. The van der Waals surface area contributed by atoms with Crippen LogP contribution in [0.5, 0.6) is 5.75 Å². The molecule has 0 bridgehead atoms. The molecule has 1 aliphatic rings. The molecule has 1 fully saturated rings. The van der Waals surface area contributed by atoms with Gasteiger partial charge in [0.2, 0.25) is 0 Å². The molecule has 124 valence electrons. The summed E-state index contributed by atoms with van der Waals surface area (Å²) < 4.78 is 5.58. The molecular weight excluding hydrogens is 276 g/mol. The summed E-state index contributed by atoms with van der Waals surface area (Å²) in [6.07, 6.45) is 2.72. The summed E-state index contributed by atoms with van der Waals surface area (Å²) in [4.78, 5) is 2.31. The molecule has 4 nitrogen and oxygen atoms in total. The highest BCUT2D eigenvalue weighted by Gasteiger charge is 2.19. The van der Waals surface area contributed by atoms with E-state index in [1.165, 1.54) is 12.0 Å². The number of hydrogen-bond donors (Lipinski definition) is 2. The van der Waals surface area contributed by atoms with Crippen molar-refractivity contribution in [1.82, 2.24) is 5.32 Å². The van der Waals surface area contributed by atoms with Gasteiger partial charge in [-0.1, -0.05) is 19.9 Å². The molecule has 0 radical (unpaired) electrons. The third-order valence-corrected chi connectivity index (χ3v) is 4.28. The van der Waals surface area contributed by atoms with Gasteiger partial charge in [0, 0.05) is 19.6 Å². The van der Waals surface area contributed by atoms with Gasteiger partial charge in [0.05, 0.1) is 18.9 Å². The van der Waals surface area contributed by atoms with E-state index in [4.69, 9.17) is 4.74 Å². The first-order valence-electron chi connectivity index (χ1n) is 8.40. The van der Waals surface area contributed by atoms with Crippen LogP contribution in [-0.4, -0.2) is 38.0 Å². The minimum Gasteiger partial charge on any atom is -0.495 e. The minimum atomic E-state index is -0.147. The molecule has 2 N–H and O–H groups in total. The Morgan fingerprint density at radius 1 is 1.32 bits per heavy atom. The van der Waals surface area contributed by atoms with E-state index in [0.29, 0.717) is 0 Å². The van der Waals surface area contributed by atoms with Crippen molar-refractivity contribution >= 4 is 5.69 Å². The molecule has 0 amide bonds. The molecule has 0 unspecified atom stereocenters. The van der Waals surface area contributed by atoms with Crippen molar-refractivity contribution < 1.29 is 9.84 Å². The number of aliphatic hydroxyl groups is 1. The van der Waals surface area contributed by atoms with Gasteiger partial charge in [-0.2, -0.15) is 0 Å². The van der Waals surface area contributed by atoms with Crippen LogP contribution < -0.4 is 15.0 Å². The molecule has 0 aromatic heterocycles. The maximum Gasteiger partial charge on any atom is 0.142 e. The smallest absolute Gasteiger partial charge is 0.142 e. The van der Waals surface area contributed by atoms with E-state index < -0.39 is 0 Å². The molecule has 1 aliphatic heterocycles. The van der Waals surface area contributed by atoms with Gasteiger partial charge in [0.1, 0.15) is 5.75 Å². The number of anilines is 1. The fourth-order valence-electron chi connectivity index (χ4n) is 2.82. The van der Waals surface area contributed by atoms with E-state index >= 15 is 0 Å². The van der Waals surface area contributed by atoms with Crippen molar-refractivity contribution in [1.29, 1.82) is 0 Å². The highest BCUT2D eigenvalue weighted by atomic mass is 16.5. The van der Waals surface area contributed by atoms with Gasteiger partial charge < -0.3 is 20.1 Å². The Morgan fingerprint density at radius 2 is 2.05 bits per heavy atom. The topological polar surface area (TPSA) is 44.7 Å². The third kappa shape index (κ3) is 4.89. The van der Waals surface area contributed by atoms with Crippen molar-refractivity contribution in [2.24, 2.45) is 5.92 Å². The number of methoxy groups -OCH3 is 1. The SMILES string of the molecule is COc1cc(CNCCC(C)C)ccc1N1CCC(O)CC1. The predicted molar refractivity (Wildman–Crippen MR) is 91.6 cm³/mol. The second-order valence-electron chi connectivity index (χ2n) is 6.58. The highest BCUT2D eigenvalue weighted by Crippen LogP contribution is 2.31. The Kier molecular flexibility index (Phi) is 6.52. The van der Waals surface area contributed by atoms with Gasteiger partial charge >= 0.3 is 0 Å². The van der Waals surface area contributed by atoms with Crippen molar-refractivity contribution in [3.8, 4) is 5.75 Å². The van der Waals surface area contributed by atoms with Crippen LogP contribution >= 0.6 is 0 Å². The number of benzene rings is 1. The summed E-state index contributed by atoms with van der Waals surface area (Å²) in [5, 5.41) is 13.1. The van der Waals surface area contributed by atoms with Crippen molar-refractivity contribution in [2.75, 3.05) is 31.6 Å². The average molecular weight is 306 g/mol. The van der Waals surface area contributed by atoms with E-state index in [0.717, 1.165) is 56.4 Å². The zero-order valence-electron chi connectivity index (χ0n) is 14.1. The Hall–Kier alpha value is -1.26. The predicted octanol–water partition coefficient (Wildman–Crippen LogP) is 2.79. The summed E-state index contributed by atoms with van der Waals surface area (Å²) in [5.74, 6) is 1.67. The molecule has 0 atom stereocenters. The molecule has 0 spiro atoms. The zero-order valence-corrected chi connectivity index (χ0v) is 14.1. The minimum absolute atomic E-state index is 0.147. The Balaban J connectivity index is 1.95. The first kappa shape index (κ1) is 17.1. The van der Waals surface area contributed by atoms with E-state index in [2.05, 4.69) is 42.3 Å². The van der Waals surface area contributed by atoms with Crippen molar-refractivity contribution in [3.63, 3.8) is 0 Å². The Bertz CT molecular complexity index is 454. The first-order chi connectivity index (χ1) is 10.6. The number of rotatable bonds is 7. The number of piperidine rings is 1. The van der Waals surface area contributed by atoms with E-state index in [1.54, 1.807) is 7.11 Å². The van der Waals surface area contributed by atoms with Crippen LogP contribution in [-0.2, 0) is 6.54 Å². The lowest BCUT2D eigenvalue weighted by Crippen LogP contribution is -2.36. The number of nitrogens with one attached hydrogen (secondary N) is 1. The van der Waals surface area contributed by atoms with E-state index in [1.807, 2.05) is 0 Å². The maximum absolute atomic E-state index is 9.64. The number of ether oxygens (including phenoxy) is 1. The Morgan fingerprint density at radius 3 is 2.68 bits per heavy atom. The molecular formula is C18H30N2O2. The quantitative estimate of drug-likeness (QED) is 0.760. The van der Waals surface area contributed by atoms with Crippen molar-refractivity contribution in [2.45, 2.75) is 45.8 Å². The summed E-state index contributed by atoms with van der Waals surface area (Å²) in [5.41, 5.74) is 2.39. The van der Waals surface area contributed by atoms with Crippen LogP contribution in [0.15, 0.2) is 18.2 Å². The molecule has 1 aromatic carbocycles. The molecule has 4 heteroatoms. The monoisotopic (exact) mass is 306 g/mol. The van der Waals surface area contributed by atoms with Gasteiger partial charge in [0.25, 0.3) is 0 Å². The lowest BCUT2D eigenvalue weighted by atomic mass is 10.1. The van der Waals surface area contributed by atoms with Crippen LogP contribution in [0.2, 0.25) is 0 Å². The first-order valence-corrected chi connectivity index (χ1v) is 8.40. The molecule has 1 saturated heterocycles. The fraction of sp³-hybridized carbons (Fsp3) is 0.667. The van der Waals surface area contributed by atoms with Gasteiger partial charge in [-0.3, -0.25) is 0 Å². The summed E-state index contributed by atoms with van der Waals surface area (Å²) >= 11 is 0. The fourth-order valence-corrected chi connectivity index (χ4v) is 2.82. The van der Waals surface area contributed by atoms with Crippen LogP contribution in [0.3, 0.4) is 0 Å². The molecule has 22 heavy (non-hydrogen) atoms. The molecule has 2 rings (SSSR count). The van der Waals surface area contributed by atoms with Gasteiger partial charge in [0.15, 0.2) is 0 Å². The van der Waals surface area contributed by atoms with Crippen molar-refractivity contribution in [3.05, 3.63) is 23.8 Å². The van der Waals surface area contributed by atoms with Gasteiger partial charge in [-0.05, 0) is 49.4 Å². The van der Waals surface area contributed by atoms with Crippen LogP contribution in [0.25, 0.3) is 0 Å². The Labute approximate surface area is 134 Å². The maximum atomic E-state index is 9.64. The average Bonchev–Trinajstić information content (AvgIpc) is 2.52. The number of nitrogens with zero attached hydrogens (tertiary/aromatic N) is 1. The molecule has 1 aromatic rings. The molecule has 0 saturated carbocycles. The van der Waals surface area contributed by atoms with Gasteiger partial charge in [-0.25, -0.2) is 0 Å². The van der Waals surface area contributed by atoms with Crippen LogP contribution in [0.1, 0.15) is 38.7 Å². The van der Waals surface area contributed by atoms with Gasteiger partial charge in [-0.15, -0.1) is 0 Å². The van der Waals surface area contributed by atoms with Crippen LogP contribution in [0.4, 0.5) is 5.69 Å². The molecule has 0 aliphatic carbocycles. The second kappa shape index (κ2) is 8.39. The largest absolute Gasteiger partial charge is 0.495 e. The molecule has 1 heterocycles. The zero-order chi connectivity index (χ0) is 15.9. The normalized spacial score (nSPS) is 16.3. The third-order valence-electron chi connectivity index (χ3n) is 4.28. The second-order valence-corrected chi connectivity index (χ2v) is 6.58. The summed E-state index contributed by atoms with van der Waals surface area (Å²) in [6.45, 7) is 8.20. The number of hydrogen-bond acceptors (Lipinski definition) is 4. The van der Waals surface area contributed by atoms with E-state index in [9.17, 15) is 5.11 Å².